The van der Waals surface area contributed by atoms with Gasteiger partial charge >= 0.3 is 0 Å². The summed E-state index contributed by atoms with van der Waals surface area (Å²) in [6.07, 6.45) is 0. The number of hydrogen-bond donors (Lipinski definition) is 3. The van der Waals surface area contributed by atoms with Crippen LogP contribution in [-0.2, 0) is 9.59 Å². The van der Waals surface area contributed by atoms with Gasteiger partial charge in [-0.25, -0.2) is 0 Å². The van der Waals surface area contributed by atoms with Crippen LogP contribution in [0.1, 0.15) is 24.1 Å². The molecule has 0 unspecified atom stereocenters. The van der Waals surface area contributed by atoms with Crippen molar-refractivity contribution in [1.29, 1.82) is 0 Å². The zero-order chi connectivity index (χ0) is 20.8. The fraction of sp³-hybridized carbons (Fsp3) is 0.217. The van der Waals surface area contributed by atoms with Gasteiger partial charge in [-0.15, -0.1) is 0 Å². The molecule has 0 aliphatic heterocycles. The second-order valence-electron chi connectivity index (χ2n) is 7.03. The van der Waals surface area contributed by atoms with Crippen LogP contribution in [0.15, 0.2) is 60.7 Å². The van der Waals surface area contributed by atoms with Gasteiger partial charge in [0.2, 0.25) is 5.91 Å². The average Bonchev–Trinajstić information content (AvgIpc) is 2.73. The number of anilines is 1. The summed E-state index contributed by atoms with van der Waals surface area (Å²) in [4.78, 5) is 24.3. The molecule has 3 rings (SSSR count). The Morgan fingerprint density at radius 3 is 2.55 bits per heavy atom. The van der Waals surface area contributed by atoms with E-state index in [1.807, 2.05) is 30.4 Å². The smallest absolute Gasteiger partial charge is 0.275 e. The van der Waals surface area contributed by atoms with E-state index in [0.717, 1.165) is 5.56 Å². The molecule has 3 aromatic carbocycles. The van der Waals surface area contributed by atoms with E-state index in [0.29, 0.717) is 10.7 Å². The summed E-state index contributed by atoms with van der Waals surface area (Å²) in [5, 5.41) is 10.4. The van der Waals surface area contributed by atoms with Gasteiger partial charge in [0.25, 0.3) is 5.91 Å². The van der Waals surface area contributed by atoms with Gasteiger partial charge in [-0.1, -0.05) is 60.1 Å². The number of benzene rings is 3. The maximum absolute atomic E-state index is 12.2. The standard InChI is InChI=1S/C23H24ClN3O2/c1-15-20(24)11-6-12-21(15)27-23(29)14-26-22(28)13-25-16(2)18-10-5-8-17-7-3-4-9-19(17)18/h3-12,16,25H,13-14H2,1-2H3,(H,26,28)(H,27,29)/p+1/t16-/m0/s1. The number of hydrogen-bond acceptors (Lipinski definition) is 2. The Hall–Kier alpha value is -2.89. The van der Waals surface area contributed by atoms with E-state index in [4.69, 9.17) is 11.6 Å². The molecule has 0 aliphatic carbocycles. The fourth-order valence-corrected chi connectivity index (χ4v) is 3.42. The molecule has 1 atom stereocenters. The summed E-state index contributed by atoms with van der Waals surface area (Å²) in [6, 6.07) is 19.8. The molecule has 0 aliphatic rings. The Morgan fingerprint density at radius 1 is 1.00 bits per heavy atom. The molecule has 6 heteroatoms. The maximum Gasteiger partial charge on any atom is 0.275 e. The molecule has 0 aromatic heterocycles. The molecule has 0 radical (unpaired) electrons. The minimum atomic E-state index is -0.286. The van der Waals surface area contributed by atoms with Crippen LogP contribution in [0, 0.1) is 6.92 Å². The number of amides is 2. The Labute approximate surface area is 175 Å². The number of carbonyl (C=O) groups is 2. The number of nitrogens with two attached hydrogens (primary N) is 1. The lowest BCUT2D eigenvalue weighted by atomic mass is 10.00. The van der Waals surface area contributed by atoms with Crippen molar-refractivity contribution in [1.82, 2.24) is 5.32 Å². The molecule has 0 saturated heterocycles. The number of fused-ring (bicyclic) bond motifs is 1. The first-order chi connectivity index (χ1) is 14.0. The van der Waals surface area contributed by atoms with Gasteiger partial charge < -0.3 is 16.0 Å². The van der Waals surface area contributed by atoms with Gasteiger partial charge in [-0.2, -0.15) is 0 Å². The van der Waals surface area contributed by atoms with Crippen LogP contribution in [0.2, 0.25) is 5.02 Å². The summed E-state index contributed by atoms with van der Waals surface area (Å²) in [7, 11) is 0. The first-order valence-corrected chi connectivity index (χ1v) is 9.96. The van der Waals surface area contributed by atoms with Gasteiger partial charge in [0.15, 0.2) is 6.54 Å². The zero-order valence-corrected chi connectivity index (χ0v) is 17.3. The molecule has 5 nitrogen and oxygen atoms in total. The van der Waals surface area contributed by atoms with E-state index < -0.39 is 0 Å². The van der Waals surface area contributed by atoms with Crippen LogP contribution < -0.4 is 16.0 Å². The number of quaternary nitrogens is 1. The molecular formula is C23H25ClN3O2+. The molecule has 0 bridgehead atoms. The Balaban J connectivity index is 1.49. The van der Waals surface area contributed by atoms with Gasteiger partial charge in [-0.3, -0.25) is 9.59 Å². The number of rotatable bonds is 7. The van der Waals surface area contributed by atoms with Crippen molar-refractivity contribution in [3.8, 4) is 0 Å². The molecule has 29 heavy (non-hydrogen) atoms. The highest BCUT2D eigenvalue weighted by atomic mass is 35.5. The third-order valence-electron chi connectivity index (χ3n) is 4.96. The second kappa shape index (κ2) is 9.54. The highest BCUT2D eigenvalue weighted by molar-refractivity contribution is 6.31. The minimum absolute atomic E-state index is 0.0821. The highest BCUT2D eigenvalue weighted by Crippen LogP contribution is 2.23. The molecular weight excluding hydrogens is 386 g/mol. The first kappa shape index (κ1) is 20.8. The van der Waals surface area contributed by atoms with Crippen molar-refractivity contribution in [3.63, 3.8) is 0 Å². The largest absolute Gasteiger partial charge is 0.342 e. The van der Waals surface area contributed by atoms with Crippen LogP contribution in [0.4, 0.5) is 5.69 Å². The van der Waals surface area contributed by atoms with Crippen LogP contribution in [-0.4, -0.2) is 24.9 Å². The van der Waals surface area contributed by atoms with E-state index in [1.54, 1.807) is 18.2 Å². The monoisotopic (exact) mass is 410 g/mol. The van der Waals surface area contributed by atoms with Crippen LogP contribution >= 0.6 is 11.6 Å². The lowest BCUT2D eigenvalue weighted by molar-refractivity contribution is -0.682. The highest BCUT2D eigenvalue weighted by Gasteiger charge is 2.15. The van der Waals surface area contributed by atoms with Crippen LogP contribution in [0.25, 0.3) is 10.8 Å². The minimum Gasteiger partial charge on any atom is -0.342 e. The van der Waals surface area contributed by atoms with Gasteiger partial charge in [0.05, 0.1) is 6.54 Å². The molecule has 4 N–H and O–H groups in total. The van der Waals surface area contributed by atoms with Crippen molar-refractivity contribution in [3.05, 3.63) is 76.8 Å². The second-order valence-corrected chi connectivity index (χ2v) is 7.44. The quantitative estimate of drug-likeness (QED) is 0.559. The summed E-state index contributed by atoms with van der Waals surface area (Å²) in [5.74, 6) is -0.471. The Morgan fingerprint density at radius 2 is 1.72 bits per heavy atom. The predicted octanol–water partition coefficient (Wildman–Crippen LogP) is 3.18. The van der Waals surface area contributed by atoms with Crippen molar-refractivity contribution in [2.45, 2.75) is 19.9 Å². The molecule has 0 heterocycles. The molecule has 150 valence electrons. The lowest BCUT2D eigenvalue weighted by Crippen LogP contribution is -2.87. The molecule has 0 spiro atoms. The summed E-state index contributed by atoms with van der Waals surface area (Å²) >= 11 is 6.06. The number of carbonyl (C=O) groups excluding carboxylic acids is 2. The van der Waals surface area contributed by atoms with Crippen molar-refractivity contribution >= 4 is 39.9 Å². The zero-order valence-electron chi connectivity index (χ0n) is 16.5. The summed E-state index contributed by atoms with van der Waals surface area (Å²) in [6.45, 7) is 4.07. The third kappa shape index (κ3) is 5.34. The van der Waals surface area contributed by atoms with Crippen LogP contribution in [0.3, 0.4) is 0 Å². The topological polar surface area (TPSA) is 74.8 Å². The van der Waals surface area contributed by atoms with Gasteiger partial charge in [-0.05, 0) is 42.3 Å². The van der Waals surface area contributed by atoms with E-state index >= 15 is 0 Å². The SMILES string of the molecule is Cc1c(Cl)cccc1NC(=O)CNC(=O)C[NH2+][C@@H](C)c1cccc2ccccc12. The molecule has 3 aromatic rings. The van der Waals surface area contributed by atoms with Crippen molar-refractivity contribution in [2.75, 3.05) is 18.4 Å². The first-order valence-electron chi connectivity index (χ1n) is 9.58. The Bertz CT molecular complexity index is 1030. The maximum atomic E-state index is 12.2. The van der Waals surface area contributed by atoms with Crippen LogP contribution in [0.5, 0.6) is 0 Å². The summed E-state index contributed by atoms with van der Waals surface area (Å²) in [5.41, 5.74) is 2.63. The van der Waals surface area contributed by atoms with Gasteiger partial charge in [0, 0.05) is 16.3 Å². The van der Waals surface area contributed by atoms with E-state index in [-0.39, 0.29) is 30.9 Å². The normalized spacial score (nSPS) is 11.8. The average molecular weight is 411 g/mol. The Kier molecular flexibility index (Phi) is 6.86. The van der Waals surface area contributed by atoms with Gasteiger partial charge in [0.1, 0.15) is 6.04 Å². The van der Waals surface area contributed by atoms with Crippen molar-refractivity contribution < 1.29 is 14.9 Å². The van der Waals surface area contributed by atoms with E-state index in [9.17, 15) is 9.59 Å². The molecule has 0 saturated carbocycles. The third-order valence-corrected chi connectivity index (χ3v) is 5.37. The number of nitrogens with one attached hydrogen (secondary N) is 2. The predicted molar refractivity (Wildman–Crippen MR) is 117 cm³/mol. The fourth-order valence-electron chi connectivity index (χ4n) is 3.25. The molecule has 2 amide bonds. The van der Waals surface area contributed by atoms with Crippen molar-refractivity contribution in [2.24, 2.45) is 0 Å². The lowest BCUT2D eigenvalue weighted by Gasteiger charge is -2.14. The summed E-state index contributed by atoms with van der Waals surface area (Å²) < 4.78 is 0. The van der Waals surface area contributed by atoms with E-state index in [1.165, 1.54) is 16.3 Å². The molecule has 0 fully saturated rings. The number of halogens is 1. The van der Waals surface area contributed by atoms with E-state index in [2.05, 4.69) is 41.8 Å².